The molecule has 0 radical (unpaired) electrons. The Hall–Kier alpha value is -3.02. The van der Waals surface area contributed by atoms with Gasteiger partial charge in [-0.15, -0.1) is 0 Å². The van der Waals surface area contributed by atoms with Gasteiger partial charge in [0.05, 0.1) is 5.52 Å². The van der Waals surface area contributed by atoms with Crippen molar-refractivity contribution in [3.05, 3.63) is 54.6 Å². The van der Waals surface area contributed by atoms with Crippen molar-refractivity contribution in [1.82, 2.24) is 14.5 Å². The molecule has 1 saturated heterocycles. The number of likely N-dealkylation sites (tertiary alicyclic amines) is 1. The molecule has 0 aliphatic carbocycles. The molecular weight excluding hydrogens is 343 g/mol. The van der Waals surface area contributed by atoms with Gasteiger partial charge in [-0.1, -0.05) is 6.58 Å². The molecule has 140 valence electrons. The Morgan fingerprint density at radius 2 is 2.00 bits per heavy atom. The van der Waals surface area contributed by atoms with Gasteiger partial charge in [-0.25, -0.2) is 9.37 Å². The molecule has 2 N–H and O–H groups in total. The van der Waals surface area contributed by atoms with Crippen LogP contribution in [0.2, 0.25) is 0 Å². The first-order chi connectivity index (χ1) is 13.0. The molecule has 0 bridgehead atoms. The maximum absolute atomic E-state index is 13.3. The zero-order valence-corrected chi connectivity index (χ0v) is 15.4. The second kappa shape index (κ2) is 6.95. The number of piperidine rings is 1. The van der Waals surface area contributed by atoms with E-state index in [9.17, 15) is 9.50 Å². The van der Waals surface area contributed by atoms with Gasteiger partial charge in [-0.05, 0) is 37.5 Å². The molecule has 2 aromatic heterocycles. The van der Waals surface area contributed by atoms with Crippen molar-refractivity contribution in [2.45, 2.75) is 19.3 Å². The topological polar surface area (TPSA) is 53.3 Å². The van der Waals surface area contributed by atoms with Crippen LogP contribution >= 0.6 is 0 Å². The summed E-state index contributed by atoms with van der Waals surface area (Å²) in [4.78, 5) is 6.93. The third-order valence-electron chi connectivity index (χ3n) is 5.16. The van der Waals surface area contributed by atoms with Gasteiger partial charge in [0.1, 0.15) is 5.82 Å². The SMILES string of the molecule is C=C(c1cnc(Nc2ccc(F)c(O)c2)c2ccn(C)c12)N1CCCCC1. The summed E-state index contributed by atoms with van der Waals surface area (Å²) in [6.45, 7) is 6.39. The van der Waals surface area contributed by atoms with Gasteiger partial charge in [-0.3, -0.25) is 0 Å². The van der Waals surface area contributed by atoms with E-state index >= 15 is 0 Å². The number of fused-ring (bicyclic) bond motifs is 1. The molecule has 4 rings (SSSR count). The number of aryl methyl sites for hydroxylation is 1. The number of aromatic nitrogens is 2. The van der Waals surface area contributed by atoms with E-state index in [1.165, 1.54) is 31.4 Å². The van der Waals surface area contributed by atoms with Gasteiger partial charge in [0.25, 0.3) is 0 Å². The number of benzene rings is 1. The summed E-state index contributed by atoms with van der Waals surface area (Å²) in [5.41, 5.74) is 3.65. The summed E-state index contributed by atoms with van der Waals surface area (Å²) in [6.07, 6.45) is 7.49. The molecule has 0 saturated carbocycles. The highest BCUT2D eigenvalue weighted by molar-refractivity contribution is 5.98. The Balaban J connectivity index is 1.72. The monoisotopic (exact) mass is 366 g/mol. The van der Waals surface area contributed by atoms with E-state index in [1.807, 2.05) is 25.5 Å². The Bertz CT molecular complexity index is 1000. The summed E-state index contributed by atoms with van der Waals surface area (Å²) in [6, 6.07) is 6.16. The van der Waals surface area contributed by atoms with E-state index in [-0.39, 0.29) is 5.75 Å². The number of nitrogens with zero attached hydrogens (tertiary/aromatic N) is 3. The number of hydrogen-bond donors (Lipinski definition) is 2. The summed E-state index contributed by atoms with van der Waals surface area (Å²) >= 11 is 0. The first-order valence-electron chi connectivity index (χ1n) is 9.18. The Kier molecular flexibility index (Phi) is 4.48. The number of phenolic OH excluding ortho intramolecular Hbond substituents is 1. The number of aromatic hydroxyl groups is 1. The molecule has 0 atom stereocenters. The van der Waals surface area contributed by atoms with Gasteiger partial charge in [0.15, 0.2) is 11.6 Å². The molecule has 0 unspecified atom stereocenters. The lowest BCUT2D eigenvalue weighted by Gasteiger charge is -2.31. The van der Waals surface area contributed by atoms with Crippen LogP contribution in [0.5, 0.6) is 5.75 Å². The summed E-state index contributed by atoms with van der Waals surface area (Å²) in [5.74, 6) is -0.377. The third-order valence-corrected chi connectivity index (χ3v) is 5.16. The quantitative estimate of drug-likeness (QED) is 0.708. The fraction of sp³-hybridized carbons (Fsp3) is 0.286. The predicted molar refractivity (Wildman–Crippen MR) is 107 cm³/mol. The van der Waals surface area contributed by atoms with Crippen LogP contribution < -0.4 is 5.32 Å². The maximum atomic E-state index is 13.3. The first kappa shape index (κ1) is 17.4. The highest BCUT2D eigenvalue weighted by Gasteiger charge is 2.19. The maximum Gasteiger partial charge on any atom is 0.164 e. The molecule has 0 amide bonds. The number of halogens is 1. The van der Waals surface area contributed by atoms with Gasteiger partial charge in [-0.2, -0.15) is 0 Å². The van der Waals surface area contributed by atoms with Crippen LogP contribution in [-0.4, -0.2) is 32.6 Å². The van der Waals surface area contributed by atoms with Crippen LogP contribution in [0.4, 0.5) is 15.9 Å². The minimum absolute atomic E-state index is 0.389. The van der Waals surface area contributed by atoms with E-state index < -0.39 is 5.82 Å². The number of nitrogens with one attached hydrogen (secondary N) is 1. The standard InChI is InChI=1S/C21H23FN4O/c1-14(26-9-4-3-5-10-26)17-13-23-21(16-8-11-25(2)20(16)17)24-15-6-7-18(22)19(27)12-15/h6-8,11-13,27H,1,3-5,9-10H2,2H3,(H,23,24). The minimum atomic E-state index is -0.647. The molecule has 0 spiro atoms. The molecular formula is C21H23FN4O. The van der Waals surface area contributed by atoms with Crippen molar-refractivity contribution in [1.29, 1.82) is 0 Å². The number of anilines is 2. The fourth-order valence-corrected chi connectivity index (χ4v) is 3.69. The number of pyridine rings is 1. The summed E-state index contributed by atoms with van der Waals surface area (Å²) in [7, 11) is 2.00. The van der Waals surface area contributed by atoms with Crippen molar-refractivity contribution in [3.63, 3.8) is 0 Å². The van der Waals surface area contributed by atoms with Crippen LogP contribution in [0.3, 0.4) is 0 Å². The normalized spacial score (nSPS) is 14.5. The van der Waals surface area contributed by atoms with Crippen molar-refractivity contribution in [2.24, 2.45) is 7.05 Å². The van der Waals surface area contributed by atoms with Crippen molar-refractivity contribution < 1.29 is 9.50 Å². The number of rotatable bonds is 4. The van der Waals surface area contributed by atoms with E-state index in [0.717, 1.165) is 35.3 Å². The van der Waals surface area contributed by atoms with E-state index in [2.05, 4.69) is 26.3 Å². The predicted octanol–water partition coefficient (Wildman–Crippen LogP) is 4.62. The number of hydrogen-bond acceptors (Lipinski definition) is 4. The lowest BCUT2D eigenvalue weighted by molar-refractivity contribution is 0.326. The fourth-order valence-electron chi connectivity index (χ4n) is 3.69. The second-order valence-corrected chi connectivity index (χ2v) is 6.99. The van der Waals surface area contributed by atoms with Crippen LogP contribution in [0.1, 0.15) is 24.8 Å². The lowest BCUT2D eigenvalue weighted by atomic mass is 10.1. The molecule has 1 fully saturated rings. The zero-order chi connectivity index (χ0) is 19.0. The van der Waals surface area contributed by atoms with Gasteiger partial charge in [0, 0.05) is 60.9 Å². The summed E-state index contributed by atoms with van der Waals surface area (Å²) < 4.78 is 15.4. The molecule has 27 heavy (non-hydrogen) atoms. The van der Waals surface area contributed by atoms with Crippen LogP contribution in [0, 0.1) is 5.82 Å². The minimum Gasteiger partial charge on any atom is -0.505 e. The van der Waals surface area contributed by atoms with Crippen molar-refractivity contribution in [3.8, 4) is 5.75 Å². The second-order valence-electron chi connectivity index (χ2n) is 6.99. The van der Waals surface area contributed by atoms with Crippen LogP contribution in [0.15, 0.2) is 43.2 Å². The van der Waals surface area contributed by atoms with E-state index in [1.54, 1.807) is 6.07 Å². The molecule has 3 aromatic rings. The third kappa shape index (κ3) is 3.23. The van der Waals surface area contributed by atoms with Gasteiger partial charge >= 0.3 is 0 Å². The van der Waals surface area contributed by atoms with Gasteiger partial charge in [0.2, 0.25) is 0 Å². The Labute approximate surface area is 157 Å². The average Bonchev–Trinajstić information content (AvgIpc) is 3.08. The highest BCUT2D eigenvalue weighted by atomic mass is 19.1. The first-order valence-corrected chi connectivity index (χ1v) is 9.18. The molecule has 1 aliphatic heterocycles. The lowest BCUT2D eigenvalue weighted by Crippen LogP contribution is -2.28. The molecule has 5 nitrogen and oxygen atoms in total. The Morgan fingerprint density at radius 1 is 1.22 bits per heavy atom. The highest BCUT2D eigenvalue weighted by Crippen LogP contribution is 2.33. The van der Waals surface area contributed by atoms with Gasteiger partial charge < -0.3 is 19.9 Å². The molecule has 1 aliphatic rings. The zero-order valence-electron chi connectivity index (χ0n) is 15.4. The van der Waals surface area contributed by atoms with Crippen LogP contribution in [0.25, 0.3) is 16.6 Å². The Morgan fingerprint density at radius 3 is 2.74 bits per heavy atom. The van der Waals surface area contributed by atoms with E-state index in [0.29, 0.717) is 11.5 Å². The van der Waals surface area contributed by atoms with E-state index in [4.69, 9.17) is 0 Å². The molecule has 3 heterocycles. The van der Waals surface area contributed by atoms with Crippen molar-refractivity contribution >= 4 is 28.1 Å². The molecule has 6 heteroatoms. The smallest absolute Gasteiger partial charge is 0.164 e. The molecule has 1 aromatic carbocycles. The van der Waals surface area contributed by atoms with Crippen molar-refractivity contribution in [2.75, 3.05) is 18.4 Å². The van der Waals surface area contributed by atoms with Crippen LogP contribution in [-0.2, 0) is 7.05 Å². The average molecular weight is 366 g/mol. The summed E-state index contributed by atoms with van der Waals surface area (Å²) in [5, 5.41) is 13.7. The number of phenols is 1. The largest absolute Gasteiger partial charge is 0.505 e.